The minimum Gasteiger partial charge on any atom is -0.352 e. The lowest BCUT2D eigenvalue weighted by molar-refractivity contribution is -0.120. The quantitative estimate of drug-likeness (QED) is 0.755. The Morgan fingerprint density at radius 1 is 1.08 bits per heavy atom. The molecule has 0 aliphatic rings. The Balaban J connectivity index is 1.61. The van der Waals surface area contributed by atoms with Crippen molar-refractivity contribution in [3.8, 4) is 11.3 Å². The molecule has 0 aliphatic carbocycles. The van der Waals surface area contributed by atoms with Crippen LogP contribution in [0.4, 0.5) is 0 Å². The van der Waals surface area contributed by atoms with E-state index in [0.717, 1.165) is 21.8 Å². The van der Waals surface area contributed by atoms with Crippen LogP contribution < -0.4 is 5.32 Å². The molecule has 0 saturated heterocycles. The highest BCUT2D eigenvalue weighted by atomic mass is 32.1. The zero-order valence-corrected chi connectivity index (χ0v) is 14.7. The fourth-order valence-corrected chi connectivity index (χ4v) is 3.22. The van der Waals surface area contributed by atoms with Crippen molar-refractivity contribution in [3.63, 3.8) is 0 Å². The zero-order chi connectivity index (χ0) is 16.9. The van der Waals surface area contributed by atoms with Crippen molar-refractivity contribution in [2.75, 3.05) is 0 Å². The molecule has 2 aromatic carbocycles. The zero-order valence-electron chi connectivity index (χ0n) is 13.9. The summed E-state index contributed by atoms with van der Waals surface area (Å²) >= 11 is 1.53. The van der Waals surface area contributed by atoms with Crippen molar-refractivity contribution in [2.24, 2.45) is 0 Å². The molecule has 1 amide bonds. The molecule has 0 saturated carbocycles. The lowest BCUT2D eigenvalue weighted by Gasteiger charge is -2.04. The summed E-state index contributed by atoms with van der Waals surface area (Å²) in [7, 11) is 0. The first-order chi connectivity index (χ1) is 11.6. The number of carbonyl (C=O) groups excluding carboxylic acids is 1. The Kier molecular flexibility index (Phi) is 5.06. The number of aryl methyl sites for hydroxylation is 2. The highest BCUT2D eigenvalue weighted by Crippen LogP contribution is 2.24. The molecule has 3 nitrogen and oxygen atoms in total. The molecule has 24 heavy (non-hydrogen) atoms. The Morgan fingerprint density at radius 3 is 2.62 bits per heavy atom. The average Bonchev–Trinajstić information content (AvgIpc) is 3.05. The first-order valence-corrected chi connectivity index (χ1v) is 8.82. The van der Waals surface area contributed by atoms with Crippen molar-refractivity contribution in [1.82, 2.24) is 10.3 Å². The van der Waals surface area contributed by atoms with E-state index >= 15 is 0 Å². The van der Waals surface area contributed by atoms with Crippen molar-refractivity contribution in [2.45, 2.75) is 26.8 Å². The van der Waals surface area contributed by atoms with Crippen molar-refractivity contribution >= 4 is 17.2 Å². The van der Waals surface area contributed by atoms with Crippen LogP contribution in [-0.4, -0.2) is 10.9 Å². The van der Waals surface area contributed by atoms with Crippen LogP contribution in [0.3, 0.4) is 0 Å². The molecule has 0 unspecified atom stereocenters. The standard InChI is InChI=1S/C20H20N2OS/c1-14-8-9-17(10-15(14)2)18-13-24-20(22-18)11-19(23)21-12-16-6-4-3-5-7-16/h3-10,13H,11-12H2,1-2H3,(H,21,23). The minimum absolute atomic E-state index is 0.000148. The number of thiazole rings is 1. The number of nitrogens with zero attached hydrogens (tertiary/aromatic N) is 1. The molecule has 1 N–H and O–H groups in total. The van der Waals surface area contributed by atoms with E-state index < -0.39 is 0 Å². The summed E-state index contributed by atoms with van der Waals surface area (Å²) < 4.78 is 0. The van der Waals surface area contributed by atoms with Crippen LogP contribution in [0.2, 0.25) is 0 Å². The molecule has 0 radical (unpaired) electrons. The Bertz CT molecular complexity index is 840. The van der Waals surface area contributed by atoms with E-state index in [0.29, 0.717) is 13.0 Å². The second-order valence-electron chi connectivity index (χ2n) is 5.86. The van der Waals surface area contributed by atoms with Crippen LogP contribution in [0.15, 0.2) is 53.9 Å². The molecule has 0 bridgehead atoms. The van der Waals surface area contributed by atoms with E-state index in [9.17, 15) is 4.79 Å². The summed E-state index contributed by atoms with van der Waals surface area (Å²) in [5.41, 5.74) is 5.66. The third kappa shape index (κ3) is 4.09. The van der Waals surface area contributed by atoms with E-state index in [2.05, 4.69) is 42.3 Å². The summed E-state index contributed by atoms with van der Waals surface area (Å²) in [6.07, 6.45) is 0.322. The lowest BCUT2D eigenvalue weighted by atomic mass is 10.1. The fraction of sp³-hybridized carbons (Fsp3) is 0.200. The highest BCUT2D eigenvalue weighted by molar-refractivity contribution is 7.10. The molecular weight excluding hydrogens is 316 g/mol. The lowest BCUT2D eigenvalue weighted by Crippen LogP contribution is -2.24. The van der Waals surface area contributed by atoms with Gasteiger partial charge in [0, 0.05) is 17.5 Å². The SMILES string of the molecule is Cc1ccc(-c2csc(CC(=O)NCc3ccccc3)n2)cc1C. The van der Waals surface area contributed by atoms with Gasteiger partial charge in [0.1, 0.15) is 5.01 Å². The maximum Gasteiger partial charge on any atom is 0.227 e. The third-order valence-electron chi connectivity index (χ3n) is 4.00. The number of hydrogen-bond acceptors (Lipinski definition) is 3. The molecule has 1 heterocycles. The molecule has 0 fully saturated rings. The second kappa shape index (κ2) is 7.41. The van der Waals surface area contributed by atoms with Gasteiger partial charge in [-0.15, -0.1) is 11.3 Å². The summed E-state index contributed by atoms with van der Waals surface area (Å²) in [5.74, 6) is -0.000148. The van der Waals surface area contributed by atoms with Gasteiger partial charge in [0.2, 0.25) is 5.91 Å². The number of amides is 1. The Morgan fingerprint density at radius 2 is 1.88 bits per heavy atom. The molecule has 1 aromatic heterocycles. The summed E-state index contributed by atoms with van der Waals surface area (Å²) in [6.45, 7) is 4.75. The number of aromatic nitrogens is 1. The highest BCUT2D eigenvalue weighted by Gasteiger charge is 2.09. The van der Waals surface area contributed by atoms with Gasteiger partial charge in [-0.2, -0.15) is 0 Å². The van der Waals surface area contributed by atoms with Crippen LogP contribution >= 0.6 is 11.3 Å². The number of hydrogen-bond donors (Lipinski definition) is 1. The van der Waals surface area contributed by atoms with Gasteiger partial charge in [0.25, 0.3) is 0 Å². The van der Waals surface area contributed by atoms with Crippen molar-refractivity contribution < 1.29 is 4.79 Å². The van der Waals surface area contributed by atoms with Crippen LogP contribution in [0.5, 0.6) is 0 Å². The first-order valence-electron chi connectivity index (χ1n) is 7.94. The average molecular weight is 336 g/mol. The van der Waals surface area contributed by atoms with E-state index in [1.165, 1.54) is 22.5 Å². The maximum atomic E-state index is 12.1. The Labute approximate surface area is 146 Å². The maximum absolute atomic E-state index is 12.1. The molecule has 0 atom stereocenters. The minimum atomic E-state index is -0.000148. The van der Waals surface area contributed by atoms with Crippen molar-refractivity contribution in [1.29, 1.82) is 0 Å². The third-order valence-corrected chi connectivity index (χ3v) is 4.85. The van der Waals surface area contributed by atoms with E-state index in [1.807, 2.05) is 35.7 Å². The van der Waals surface area contributed by atoms with Gasteiger partial charge in [-0.25, -0.2) is 4.98 Å². The van der Waals surface area contributed by atoms with Gasteiger partial charge in [0.15, 0.2) is 0 Å². The molecule has 3 aromatic rings. The van der Waals surface area contributed by atoms with Gasteiger partial charge >= 0.3 is 0 Å². The molecule has 3 rings (SSSR count). The van der Waals surface area contributed by atoms with Gasteiger partial charge in [-0.1, -0.05) is 42.5 Å². The van der Waals surface area contributed by atoms with Gasteiger partial charge in [0.05, 0.1) is 12.1 Å². The summed E-state index contributed by atoms with van der Waals surface area (Å²) in [4.78, 5) is 16.7. The predicted molar refractivity (Wildman–Crippen MR) is 99.0 cm³/mol. The largest absolute Gasteiger partial charge is 0.352 e. The van der Waals surface area contributed by atoms with Crippen LogP contribution in [-0.2, 0) is 17.8 Å². The molecule has 122 valence electrons. The number of benzene rings is 2. The molecule has 0 aliphatic heterocycles. The fourth-order valence-electron chi connectivity index (χ4n) is 2.42. The van der Waals surface area contributed by atoms with Crippen LogP contribution in [0.25, 0.3) is 11.3 Å². The van der Waals surface area contributed by atoms with Gasteiger partial charge in [-0.3, -0.25) is 4.79 Å². The van der Waals surface area contributed by atoms with Gasteiger partial charge in [-0.05, 0) is 36.6 Å². The Hall–Kier alpha value is -2.46. The van der Waals surface area contributed by atoms with Gasteiger partial charge < -0.3 is 5.32 Å². The van der Waals surface area contributed by atoms with Crippen LogP contribution in [0.1, 0.15) is 21.7 Å². The molecular formula is C20H20N2OS. The number of rotatable bonds is 5. The summed E-state index contributed by atoms with van der Waals surface area (Å²) in [5, 5.41) is 5.80. The van der Waals surface area contributed by atoms with E-state index in [-0.39, 0.29) is 5.91 Å². The second-order valence-corrected chi connectivity index (χ2v) is 6.81. The molecule has 0 spiro atoms. The first kappa shape index (κ1) is 16.4. The smallest absolute Gasteiger partial charge is 0.227 e. The predicted octanol–water partition coefficient (Wildman–Crippen LogP) is 4.29. The number of carbonyl (C=O) groups is 1. The number of nitrogens with one attached hydrogen (secondary N) is 1. The van der Waals surface area contributed by atoms with E-state index in [1.54, 1.807) is 0 Å². The van der Waals surface area contributed by atoms with E-state index in [4.69, 9.17) is 0 Å². The monoisotopic (exact) mass is 336 g/mol. The summed E-state index contributed by atoms with van der Waals surface area (Å²) in [6, 6.07) is 16.2. The van der Waals surface area contributed by atoms with Crippen molar-refractivity contribution in [3.05, 3.63) is 75.6 Å². The normalized spacial score (nSPS) is 10.6. The topological polar surface area (TPSA) is 42.0 Å². The molecule has 4 heteroatoms. The van der Waals surface area contributed by atoms with Crippen LogP contribution in [0, 0.1) is 13.8 Å².